The van der Waals surface area contributed by atoms with Crippen LogP contribution in [0.4, 0.5) is 13.2 Å². The Hall–Kier alpha value is -4.15. The zero-order chi connectivity index (χ0) is 24.7. The van der Waals surface area contributed by atoms with Gasteiger partial charge in [0.1, 0.15) is 5.69 Å². The maximum absolute atomic E-state index is 13.5. The number of aromatic nitrogens is 2. The number of rotatable bonds is 3. The molecule has 0 spiro atoms. The molecule has 35 heavy (non-hydrogen) atoms. The van der Waals surface area contributed by atoms with Crippen LogP contribution in [0, 0.1) is 6.92 Å². The molecule has 1 aliphatic heterocycles. The number of hydrogen-bond donors (Lipinski definition) is 0. The Morgan fingerprint density at radius 2 is 1.63 bits per heavy atom. The Morgan fingerprint density at radius 1 is 0.971 bits per heavy atom. The van der Waals surface area contributed by atoms with Gasteiger partial charge < -0.3 is 18.7 Å². The van der Waals surface area contributed by atoms with E-state index in [1.807, 2.05) is 0 Å². The molecule has 0 aliphatic carbocycles. The van der Waals surface area contributed by atoms with Crippen molar-refractivity contribution in [2.75, 3.05) is 26.2 Å². The fourth-order valence-electron chi connectivity index (χ4n) is 4.08. The van der Waals surface area contributed by atoms with Gasteiger partial charge >= 0.3 is 6.18 Å². The first-order valence-electron chi connectivity index (χ1n) is 10.8. The molecule has 1 aliphatic rings. The minimum absolute atomic E-state index is 0.164. The van der Waals surface area contributed by atoms with Crippen molar-refractivity contribution >= 4 is 22.9 Å². The second-order valence-corrected chi connectivity index (χ2v) is 8.14. The Morgan fingerprint density at radius 3 is 2.23 bits per heavy atom. The predicted octanol–water partition coefficient (Wildman–Crippen LogP) is 4.41. The third-order valence-corrected chi connectivity index (χ3v) is 5.93. The summed E-state index contributed by atoms with van der Waals surface area (Å²) in [4.78, 5) is 33.8. The van der Waals surface area contributed by atoms with Crippen molar-refractivity contribution < 1.29 is 31.7 Å². The first-order valence-corrected chi connectivity index (χ1v) is 10.8. The molecule has 4 aromatic rings. The summed E-state index contributed by atoms with van der Waals surface area (Å²) in [6.45, 7) is 2.73. The number of piperazine rings is 1. The van der Waals surface area contributed by atoms with Crippen molar-refractivity contribution in [1.82, 2.24) is 19.9 Å². The van der Waals surface area contributed by atoms with Crippen LogP contribution < -0.4 is 0 Å². The van der Waals surface area contributed by atoms with Crippen LogP contribution in [0.5, 0.6) is 0 Å². The topological polar surface area (TPSA) is 92.7 Å². The number of furan rings is 1. The van der Waals surface area contributed by atoms with Gasteiger partial charge in [-0.1, -0.05) is 5.16 Å². The molecule has 180 valence electrons. The summed E-state index contributed by atoms with van der Waals surface area (Å²) in [6.07, 6.45) is -2.97. The van der Waals surface area contributed by atoms with Crippen molar-refractivity contribution in [2.24, 2.45) is 0 Å². The molecule has 0 radical (unpaired) electrons. The molecule has 1 saturated heterocycles. The first kappa shape index (κ1) is 22.6. The SMILES string of the molecule is Cc1noc2nc(-c3ccco3)cc(C(=O)N3CCN(C(=O)c4ccc(C(F)(F)F)cc4)CC3)c12. The van der Waals surface area contributed by atoms with E-state index in [1.165, 1.54) is 23.3 Å². The monoisotopic (exact) mass is 484 g/mol. The van der Waals surface area contributed by atoms with Crippen LogP contribution >= 0.6 is 0 Å². The Kier molecular flexibility index (Phi) is 5.54. The van der Waals surface area contributed by atoms with Crippen LogP contribution in [0.2, 0.25) is 0 Å². The second kappa shape index (κ2) is 8.57. The van der Waals surface area contributed by atoms with Gasteiger partial charge in [0.05, 0.1) is 28.5 Å². The summed E-state index contributed by atoms with van der Waals surface area (Å²) in [6, 6.07) is 9.17. The fourth-order valence-corrected chi connectivity index (χ4v) is 4.08. The third-order valence-electron chi connectivity index (χ3n) is 5.93. The van der Waals surface area contributed by atoms with E-state index in [2.05, 4.69) is 10.1 Å². The first-order chi connectivity index (χ1) is 16.7. The van der Waals surface area contributed by atoms with Gasteiger partial charge in [0.15, 0.2) is 5.76 Å². The van der Waals surface area contributed by atoms with Gasteiger partial charge in [-0.2, -0.15) is 13.2 Å². The maximum atomic E-state index is 13.5. The van der Waals surface area contributed by atoms with Crippen LogP contribution in [0.3, 0.4) is 0 Å². The van der Waals surface area contributed by atoms with E-state index in [-0.39, 0.29) is 49.3 Å². The van der Waals surface area contributed by atoms with E-state index >= 15 is 0 Å². The molecular weight excluding hydrogens is 465 g/mol. The molecule has 1 fully saturated rings. The number of fused-ring (bicyclic) bond motifs is 1. The van der Waals surface area contributed by atoms with Gasteiger partial charge in [0.25, 0.3) is 17.5 Å². The van der Waals surface area contributed by atoms with Crippen molar-refractivity contribution in [3.05, 3.63) is 71.1 Å². The van der Waals surface area contributed by atoms with E-state index in [0.29, 0.717) is 28.1 Å². The minimum Gasteiger partial charge on any atom is -0.463 e. The van der Waals surface area contributed by atoms with Crippen molar-refractivity contribution in [1.29, 1.82) is 0 Å². The van der Waals surface area contributed by atoms with Crippen molar-refractivity contribution in [3.63, 3.8) is 0 Å². The zero-order valence-electron chi connectivity index (χ0n) is 18.5. The Labute approximate surface area is 196 Å². The van der Waals surface area contributed by atoms with Gasteiger partial charge in [0.2, 0.25) is 0 Å². The fraction of sp³-hybridized carbons (Fsp3) is 0.250. The van der Waals surface area contributed by atoms with E-state index in [4.69, 9.17) is 8.94 Å². The van der Waals surface area contributed by atoms with E-state index < -0.39 is 11.7 Å². The largest absolute Gasteiger partial charge is 0.463 e. The number of benzene rings is 1. The number of hydrogen-bond acceptors (Lipinski definition) is 6. The number of alkyl halides is 3. The van der Waals surface area contributed by atoms with Crippen LogP contribution in [0.25, 0.3) is 22.6 Å². The molecule has 4 heterocycles. The highest BCUT2D eigenvalue weighted by Gasteiger charge is 2.31. The number of pyridine rings is 1. The molecule has 2 amide bonds. The second-order valence-electron chi connectivity index (χ2n) is 8.14. The van der Waals surface area contributed by atoms with Gasteiger partial charge in [0, 0.05) is 31.7 Å². The number of halogens is 3. The lowest BCUT2D eigenvalue weighted by molar-refractivity contribution is -0.137. The molecule has 0 saturated carbocycles. The zero-order valence-corrected chi connectivity index (χ0v) is 18.5. The van der Waals surface area contributed by atoms with Crippen LogP contribution in [0.15, 0.2) is 57.7 Å². The lowest BCUT2D eigenvalue weighted by atomic mass is 10.1. The normalized spacial score (nSPS) is 14.5. The average Bonchev–Trinajstić information content (AvgIpc) is 3.53. The van der Waals surface area contributed by atoms with Crippen LogP contribution in [-0.2, 0) is 6.18 Å². The Bertz CT molecular complexity index is 1390. The van der Waals surface area contributed by atoms with Crippen molar-refractivity contribution in [3.8, 4) is 11.5 Å². The van der Waals surface area contributed by atoms with Crippen LogP contribution in [0.1, 0.15) is 32.0 Å². The highest BCUT2D eigenvalue weighted by molar-refractivity contribution is 6.07. The molecule has 5 rings (SSSR count). The number of carbonyl (C=O) groups is 2. The molecule has 0 N–H and O–H groups in total. The Balaban J connectivity index is 1.33. The molecule has 8 nitrogen and oxygen atoms in total. The highest BCUT2D eigenvalue weighted by Crippen LogP contribution is 2.30. The quantitative estimate of drug-likeness (QED) is 0.428. The van der Waals surface area contributed by atoms with Gasteiger partial charge in [-0.15, -0.1) is 0 Å². The molecule has 0 unspecified atom stereocenters. The number of carbonyl (C=O) groups excluding carboxylic acids is 2. The summed E-state index contributed by atoms with van der Waals surface area (Å²) >= 11 is 0. The smallest absolute Gasteiger partial charge is 0.416 e. The lowest BCUT2D eigenvalue weighted by Crippen LogP contribution is -2.50. The van der Waals surface area contributed by atoms with Crippen LogP contribution in [-0.4, -0.2) is 57.9 Å². The summed E-state index contributed by atoms with van der Waals surface area (Å²) in [5.41, 5.74) is 0.887. The minimum atomic E-state index is -4.47. The molecule has 11 heteroatoms. The van der Waals surface area contributed by atoms with E-state index in [1.54, 1.807) is 30.0 Å². The average molecular weight is 484 g/mol. The molecule has 0 atom stereocenters. The number of aryl methyl sites for hydroxylation is 1. The predicted molar refractivity (Wildman–Crippen MR) is 117 cm³/mol. The summed E-state index contributed by atoms with van der Waals surface area (Å²) in [5.74, 6) is -0.174. The van der Waals surface area contributed by atoms with Gasteiger partial charge in [-0.05, 0) is 49.4 Å². The summed E-state index contributed by atoms with van der Waals surface area (Å²) in [7, 11) is 0. The number of amides is 2. The standard InChI is InChI=1S/C24H19F3N4O4/c1-14-20-17(13-18(19-3-2-12-34-19)28-21(20)35-29-14)23(33)31-10-8-30(9-11-31)22(32)15-4-6-16(7-5-15)24(25,26)27/h2-7,12-13H,8-11H2,1H3. The van der Waals surface area contributed by atoms with Gasteiger partial charge in [-0.3, -0.25) is 9.59 Å². The van der Waals surface area contributed by atoms with E-state index in [0.717, 1.165) is 12.1 Å². The summed E-state index contributed by atoms with van der Waals surface area (Å²) in [5, 5.41) is 4.44. The molecular formula is C24H19F3N4O4. The highest BCUT2D eigenvalue weighted by atomic mass is 19.4. The molecule has 1 aromatic carbocycles. The van der Waals surface area contributed by atoms with Crippen molar-refractivity contribution in [2.45, 2.75) is 13.1 Å². The third kappa shape index (κ3) is 4.25. The number of nitrogens with zero attached hydrogens (tertiary/aromatic N) is 4. The van der Waals surface area contributed by atoms with E-state index in [9.17, 15) is 22.8 Å². The lowest BCUT2D eigenvalue weighted by Gasteiger charge is -2.35. The maximum Gasteiger partial charge on any atom is 0.416 e. The van der Waals surface area contributed by atoms with Gasteiger partial charge in [-0.25, -0.2) is 4.98 Å². The molecule has 3 aromatic heterocycles. The molecule has 0 bridgehead atoms. The summed E-state index contributed by atoms with van der Waals surface area (Å²) < 4.78 is 49.1.